The van der Waals surface area contributed by atoms with Crippen molar-refractivity contribution in [1.29, 1.82) is 0 Å². The van der Waals surface area contributed by atoms with E-state index in [1.165, 1.54) is 26.0 Å². The summed E-state index contributed by atoms with van der Waals surface area (Å²) in [4.78, 5) is 23.4. The predicted octanol–water partition coefficient (Wildman–Crippen LogP) is 5.29. The van der Waals surface area contributed by atoms with Crippen LogP contribution in [0, 0.1) is 0 Å². The monoisotopic (exact) mass is 412 g/mol. The van der Waals surface area contributed by atoms with Crippen LogP contribution in [0.15, 0.2) is 46.2 Å². The van der Waals surface area contributed by atoms with Crippen molar-refractivity contribution in [2.24, 2.45) is 0 Å². The highest BCUT2D eigenvalue weighted by Crippen LogP contribution is 2.32. The van der Waals surface area contributed by atoms with Gasteiger partial charge >= 0.3 is 0 Å². The summed E-state index contributed by atoms with van der Waals surface area (Å²) in [5, 5.41) is 0. The second-order valence-corrected chi connectivity index (χ2v) is 7.19. The molecule has 0 N–H and O–H groups in total. The zero-order valence-electron chi connectivity index (χ0n) is 14.1. The van der Waals surface area contributed by atoms with Gasteiger partial charge in [-0.25, -0.2) is 8.78 Å². The van der Waals surface area contributed by atoms with Crippen molar-refractivity contribution in [3.05, 3.63) is 51.8 Å². The maximum atomic E-state index is 14.0. The molecule has 1 aromatic carbocycles. The van der Waals surface area contributed by atoms with Crippen molar-refractivity contribution in [3.63, 3.8) is 0 Å². The van der Waals surface area contributed by atoms with Gasteiger partial charge in [0.25, 0.3) is 0 Å². The average Bonchev–Trinajstić information content (AvgIpc) is 2.52. The summed E-state index contributed by atoms with van der Waals surface area (Å²) < 4.78 is 34.0. The topological polar surface area (TPSA) is 43.4 Å². The first-order valence-electron chi connectivity index (χ1n) is 7.88. The molecular formula is C19H19BrF2O3. The number of carbonyl (C=O) groups excluding carboxylic acids is 2. The Morgan fingerprint density at radius 2 is 2.04 bits per heavy atom. The molecule has 25 heavy (non-hydrogen) atoms. The number of ether oxygens (including phenoxy) is 1. The molecule has 0 amide bonds. The lowest BCUT2D eigenvalue weighted by Gasteiger charge is -2.21. The van der Waals surface area contributed by atoms with E-state index in [4.69, 9.17) is 4.74 Å². The van der Waals surface area contributed by atoms with E-state index in [-0.39, 0.29) is 43.0 Å². The highest BCUT2D eigenvalue weighted by atomic mass is 79.9. The van der Waals surface area contributed by atoms with E-state index >= 15 is 0 Å². The van der Waals surface area contributed by atoms with Gasteiger partial charge in [-0.2, -0.15) is 0 Å². The van der Waals surface area contributed by atoms with Gasteiger partial charge in [0.15, 0.2) is 5.78 Å². The molecule has 6 heteroatoms. The number of Topliss-reactive ketones (excluding diaryl/α,β-unsaturated/α-hetero) is 2. The summed E-state index contributed by atoms with van der Waals surface area (Å²) in [5.41, 5.74) is -1.12. The van der Waals surface area contributed by atoms with Gasteiger partial charge in [0.2, 0.25) is 0 Å². The highest BCUT2D eigenvalue weighted by Gasteiger charge is 2.27. The van der Waals surface area contributed by atoms with Crippen molar-refractivity contribution in [1.82, 2.24) is 0 Å². The normalized spacial score (nSPS) is 19.9. The fraction of sp³-hybridized carbons (Fsp3) is 0.368. The maximum Gasteiger partial charge on any atom is 0.167 e. The van der Waals surface area contributed by atoms with Gasteiger partial charge in [-0.05, 0) is 38.1 Å². The number of alkyl halides is 1. The van der Waals surface area contributed by atoms with Gasteiger partial charge in [0.05, 0.1) is 5.56 Å². The van der Waals surface area contributed by atoms with Crippen LogP contribution in [0.25, 0.3) is 0 Å². The lowest BCUT2D eigenvalue weighted by Crippen LogP contribution is -2.19. The Morgan fingerprint density at radius 1 is 1.32 bits per heavy atom. The Bertz CT molecular complexity index is 751. The summed E-state index contributed by atoms with van der Waals surface area (Å²) in [7, 11) is 0. The second kappa shape index (κ2) is 8.04. The van der Waals surface area contributed by atoms with Gasteiger partial charge in [-0.3, -0.25) is 4.79 Å². The minimum absolute atomic E-state index is 0.0698. The summed E-state index contributed by atoms with van der Waals surface area (Å²) in [6.07, 6.45) is 2.58. The molecule has 0 heterocycles. The summed E-state index contributed by atoms with van der Waals surface area (Å²) >= 11 is 3.30. The van der Waals surface area contributed by atoms with Crippen LogP contribution in [-0.2, 0) is 4.79 Å². The molecule has 3 nitrogen and oxygen atoms in total. The molecular weight excluding hydrogens is 394 g/mol. The smallest absolute Gasteiger partial charge is 0.167 e. The first kappa shape index (κ1) is 19.5. The van der Waals surface area contributed by atoms with Crippen molar-refractivity contribution in [2.45, 2.75) is 38.8 Å². The van der Waals surface area contributed by atoms with Gasteiger partial charge < -0.3 is 9.53 Å². The first-order valence-corrected chi connectivity index (χ1v) is 8.68. The number of halogens is 3. The van der Waals surface area contributed by atoms with E-state index in [0.717, 1.165) is 0 Å². The van der Waals surface area contributed by atoms with Gasteiger partial charge in [0.1, 0.15) is 29.6 Å². The molecule has 0 aromatic heterocycles. The van der Waals surface area contributed by atoms with E-state index in [1.807, 2.05) is 0 Å². The van der Waals surface area contributed by atoms with E-state index < -0.39 is 11.5 Å². The fourth-order valence-corrected chi connectivity index (χ4v) is 2.75. The molecule has 1 aromatic rings. The number of hydrogen-bond acceptors (Lipinski definition) is 3. The SMILES string of the molecule is CC(=O)CCC(=O)c1cc(Br)ccc1OCC1=C(F)CC(C)(F)C=C1. The number of ketones is 2. The molecule has 1 atom stereocenters. The highest BCUT2D eigenvalue weighted by molar-refractivity contribution is 9.10. The Kier molecular flexibility index (Phi) is 6.27. The Morgan fingerprint density at radius 3 is 2.68 bits per heavy atom. The molecule has 0 bridgehead atoms. The zero-order valence-corrected chi connectivity index (χ0v) is 15.7. The Labute approximate surface area is 153 Å². The van der Waals surface area contributed by atoms with Crippen LogP contribution in [0.4, 0.5) is 8.78 Å². The van der Waals surface area contributed by atoms with Crippen LogP contribution in [0.3, 0.4) is 0 Å². The van der Waals surface area contributed by atoms with E-state index in [1.54, 1.807) is 18.2 Å². The average molecular weight is 413 g/mol. The summed E-state index contributed by atoms with van der Waals surface area (Å²) in [6.45, 7) is 2.63. The summed E-state index contributed by atoms with van der Waals surface area (Å²) in [5.74, 6) is -0.552. The maximum absolute atomic E-state index is 14.0. The lowest BCUT2D eigenvalue weighted by atomic mass is 9.95. The van der Waals surface area contributed by atoms with Crippen molar-refractivity contribution >= 4 is 27.5 Å². The Balaban J connectivity index is 2.13. The van der Waals surface area contributed by atoms with Crippen molar-refractivity contribution in [2.75, 3.05) is 6.61 Å². The minimum atomic E-state index is -1.70. The molecule has 134 valence electrons. The number of hydrogen-bond donors (Lipinski definition) is 0. The summed E-state index contributed by atoms with van der Waals surface area (Å²) in [6, 6.07) is 4.92. The van der Waals surface area contributed by atoms with Crippen LogP contribution >= 0.6 is 15.9 Å². The van der Waals surface area contributed by atoms with Crippen molar-refractivity contribution < 1.29 is 23.1 Å². The fourth-order valence-electron chi connectivity index (χ4n) is 2.39. The van der Waals surface area contributed by atoms with E-state index in [9.17, 15) is 18.4 Å². The van der Waals surface area contributed by atoms with Gasteiger partial charge in [0, 0.05) is 29.3 Å². The molecule has 0 saturated heterocycles. The van der Waals surface area contributed by atoms with E-state index in [0.29, 0.717) is 15.8 Å². The molecule has 1 aliphatic carbocycles. The predicted molar refractivity (Wildman–Crippen MR) is 95.3 cm³/mol. The molecule has 1 aliphatic rings. The molecule has 2 rings (SSSR count). The standard InChI is InChI=1S/C19H19BrF2O3/c1-12(23)3-5-17(24)15-9-14(20)4-6-18(15)25-11-13-7-8-19(2,22)10-16(13)21/h4,6-9H,3,5,10-11H2,1-2H3. The molecule has 0 spiro atoms. The molecule has 0 radical (unpaired) electrons. The molecule has 1 unspecified atom stereocenters. The third kappa shape index (κ3) is 5.59. The minimum Gasteiger partial charge on any atom is -0.488 e. The van der Waals surface area contributed by atoms with Crippen LogP contribution in [-0.4, -0.2) is 23.8 Å². The van der Waals surface area contributed by atoms with Crippen LogP contribution in [0.1, 0.15) is 43.5 Å². The Hall–Kier alpha value is -1.82. The largest absolute Gasteiger partial charge is 0.488 e. The van der Waals surface area contributed by atoms with Crippen molar-refractivity contribution in [3.8, 4) is 5.75 Å². The zero-order chi connectivity index (χ0) is 18.6. The molecule has 0 aliphatic heterocycles. The number of benzene rings is 1. The first-order chi connectivity index (χ1) is 11.7. The molecule has 0 fully saturated rings. The van der Waals surface area contributed by atoms with Gasteiger partial charge in [-0.1, -0.05) is 22.0 Å². The number of carbonyl (C=O) groups is 2. The second-order valence-electron chi connectivity index (χ2n) is 6.27. The van der Waals surface area contributed by atoms with Crippen LogP contribution in [0.2, 0.25) is 0 Å². The molecule has 0 saturated carbocycles. The quantitative estimate of drug-likeness (QED) is 0.571. The number of rotatable bonds is 7. The van der Waals surface area contributed by atoms with Crippen LogP contribution < -0.4 is 4.74 Å². The third-order valence-corrected chi connectivity index (χ3v) is 4.30. The van der Waals surface area contributed by atoms with E-state index in [2.05, 4.69) is 15.9 Å². The lowest BCUT2D eigenvalue weighted by molar-refractivity contribution is -0.116. The third-order valence-electron chi connectivity index (χ3n) is 3.81. The van der Waals surface area contributed by atoms with Crippen LogP contribution in [0.5, 0.6) is 5.75 Å². The van der Waals surface area contributed by atoms with Gasteiger partial charge in [-0.15, -0.1) is 0 Å². The number of allylic oxidation sites excluding steroid dienone is 2.